The molecule has 1 aromatic carbocycles. The largest absolute Gasteiger partial charge is 0.480 e. The van der Waals surface area contributed by atoms with Crippen LogP contribution < -0.4 is 0 Å². The summed E-state index contributed by atoms with van der Waals surface area (Å²) in [5.74, 6) is -1.43. The quantitative estimate of drug-likeness (QED) is 0.729. The summed E-state index contributed by atoms with van der Waals surface area (Å²) in [7, 11) is 0. The van der Waals surface area contributed by atoms with E-state index in [2.05, 4.69) is 12.6 Å². The summed E-state index contributed by atoms with van der Waals surface area (Å²) in [5, 5.41) is 20.1. The molecule has 0 aromatic heterocycles. The lowest BCUT2D eigenvalue weighted by atomic mass is 9.91. The predicted molar refractivity (Wildman–Crippen MR) is 81.1 cm³/mol. The minimum atomic E-state index is -1.32. The summed E-state index contributed by atoms with van der Waals surface area (Å²) in [6.07, 6.45) is -0.00260. The number of benzene rings is 1. The van der Waals surface area contributed by atoms with Crippen LogP contribution in [0.15, 0.2) is 30.3 Å². The standard InChI is InChI=1S/C15H19NO4S/c1-10(8-21)13(17)16-9-15(20,7-12(16)14(18)19)11-5-3-2-4-6-11/h2-6,10,12,20-21H,7-9H2,1H3,(H,18,19)/t10?,12-,15?/m0/s1. The fourth-order valence-corrected chi connectivity index (χ4v) is 2.81. The fraction of sp³-hybridized carbons (Fsp3) is 0.467. The third-order valence-electron chi connectivity index (χ3n) is 3.91. The topological polar surface area (TPSA) is 77.8 Å². The Morgan fingerprint density at radius 3 is 2.57 bits per heavy atom. The van der Waals surface area contributed by atoms with Crippen LogP contribution in [0.4, 0.5) is 0 Å². The molecule has 0 radical (unpaired) electrons. The second-order valence-electron chi connectivity index (χ2n) is 5.51. The van der Waals surface area contributed by atoms with Crippen LogP contribution in [-0.2, 0) is 15.2 Å². The van der Waals surface area contributed by atoms with E-state index in [4.69, 9.17) is 0 Å². The molecule has 5 nitrogen and oxygen atoms in total. The van der Waals surface area contributed by atoms with E-state index in [0.29, 0.717) is 11.3 Å². The van der Waals surface area contributed by atoms with Gasteiger partial charge in [-0.25, -0.2) is 4.79 Å². The van der Waals surface area contributed by atoms with Crippen LogP contribution >= 0.6 is 12.6 Å². The number of carbonyl (C=O) groups excluding carboxylic acids is 1. The molecule has 0 saturated carbocycles. The normalized spacial score (nSPS) is 26.6. The van der Waals surface area contributed by atoms with Gasteiger partial charge in [0.2, 0.25) is 5.91 Å². The Morgan fingerprint density at radius 2 is 2.05 bits per heavy atom. The minimum Gasteiger partial charge on any atom is -0.480 e. The van der Waals surface area contributed by atoms with Gasteiger partial charge in [-0.05, 0) is 5.56 Å². The van der Waals surface area contributed by atoms with Gasteiger partial charge in [-0.3, -0.25) is 4.79 Å². The first-order valence-electron chi connectivity index (χ1n) is 6.81. The SMILES string of the molecule is CC(CS)C(=O)N1CC(O)(c2ccccc2)C[C@H]1C(=O)O. The van der Waals surface area contributed by atoms with Crippen LogP contribution in [0.3, 0.4) is 0 Å². The number of β-amino-alcohol motifs (C(OH)–C–C–N with tert-alkyl or cyclic N) is 1. The van der Waals surface area contributed by atoms with Crippen LogP contribution in [0.5, 0.6) is 0 Å². The Hall–Kier alpha value is -1.53. The average molecular weight is 309 g/mol. The zero-order chi connectivity index (χ0) is 15.6. The number of nitrogens with zero attached hydrogens (tertiary/aromatic N) is 1. The molecular weight excluding hydrogens is 290 g/mol. The van der Waals surface area contributed by atoms with E-state index in [1.807, 2.05) is 6.07 Å². The van der Waals surface area contributed by atoms with E-state index >= 15 is 0 Å². The number of aliphatic carboxylic acids is 1. The van der Waals surface area contributed by atoms with Gasteiger partial charge in [0.1, 0.15) is 11.6 Å². The smallest absolute Gasteiger partial charge is 0.326 e. The van der Waals surface area contributed by atoms with Crippen LogP contribution in [0.25, 0.3) is 0 Å². The number of likely N-dealkylation sites (tertiary alicyclic amines) is 1. The van der Waals surface area contributed by atoms with Crippen molar-refractivity contribution in [2.45, 2.75) is 25.0 Å². The molecule has 1 fully saturated rings. The van der Waals surface area contributed by atoms with Crippen molar-refractivity contribution in [1.82, 2.24) is 4.90 Å². The zero-order valence-corrected chi connectivity index (χ0v) is 12.7. The molecule has 2 N–H and O–H groups in total. The number of carbonyl (C=O) groups is 2. The number of thiol groups is 1. The van der Waals surface area contributed by atoms with E-state index in [9.17, 15) is 19.8 Å². The number of hydrogen-bond acceptors (Lipinski definition) is 4. The highest BCUT2D eigenvalue weighted by Gasteiger charge is 2.49. The number of rotatable bonds is 4. The number of amides is 1. The molecule has 6 heteroatoms. The molecule has 1 aliphatic rings. The van der Waals surface area contributed by atoms with E-state index in [1.165, 1.54) is 4.90 Å². The van der Waals surface area contributed by atoms with E-state index < -0.39 is 17.6 Å². The molecule has 1 amide bonds. The lowest BCUT2D eigenvalue weighted by Crippen LogP contribution is -2.44. The Kier molecular flexibility index (Phi) is 4.58. The number of aliphatic hydroxyl groups is 1. The Morgan fingerprint density at radius 1 is 1.43 bits per heavy atom. The van der Waals surface area contributed by atoms with E-state index in [-0.39, 0.29) is 24.8 Å². The van der Waals surface area contributed by atoms with Gasteiger partial charge in [-0.2, -0.15) is 12.6 Å². The van der Waals surface area contributed by atoms with Gasteiger partial charge in [0.25, 0.3) is 0 Å². The van der Waals surface area contributed by atoms with Crippen molar-refractivity contribution in [2.24, 2.45) is 5.92 Å². The molecule has 2 rings (SSSR count). The van der Waals surface area contributed by atoms with E-state index in [0.717, 1.165) is 0 Å². The summed E-state index contributed by atoms with van der Waals surface area (Å²) in [6, 6.07) is 7.87. The predicted octanol–water partition coefficient (Wildman–Crippen LogP) is 1.13. The number of carboxylic acids is 1. The summed E-state index contributed by atoms with van der Waals surface area (Å²) < 4.78 is 0. The van der Waals surface area contributed by atoms with Gasteiger partial charge in [0.15, 0.2) is 0 Å². The van der Waals surface area contributed by atoms with Crippen molar-refractivity contribution in [2.75, 3.05) is 12.3 Å². The molecule has 1 aliphatic heterocycles. The highest BCUT2D eigenvalue weighted by Crippen LogP contribution is 2.36. The van der Waals surface area contributed by atoms with Crippen molar-refractivity contribution >= 4 is 24.5 Å². The molecule has 0 aliphatic carbocycles. The van der Waals surface area contributed by atoms with Crippen molar-refractivity contribution in [3.63, 3.8) is 0 Å². The molecule has 0 bridgehead atoms. The van der Waals surface area contributed by atoms with Gasteiger partial charge in [-0.1, -0.05) is 37.3 Å². The molecule has 1 aromatic rings. The van der Waals surface area contributed by atoms with Crippen LogP contribution in [-0.4, -0.2) is 45.3 Å². The fourth-order valence-electron chi connectivity index (χ4n) is 2.66. The molecule has 3 atom stereocenters. The van der Waals surface area contributed by atoms with Gasteiger partial charge < -0.3 is 15.1 Å². The van der Waals surface area contributed by atoms with Crippen molar-refractivity contribution in [1.29, 1.82) is 0 Å². The summed E-state index contributed by atoms with van der Waals surface area (Å²) in [4.78, 5) is 25.0. The summed E-state index contributed by atoms with van der Waals surface area (Å²) in [6.45, 7) is 1.69. The van der Waals surface area contributed by atoms with Gasteiger partial charge >= 0.3 is 5.97 Å². The van der Waals surface area contributed by atoms with Crippen LogP contribution in [0, 0.1) is 5.92 Å². The summed E-state index contributed by atoms with van der Waals surface area (Å²) >= 11 is 4.08. The molecular formula is C15H19NO4S. The van der Waals surface area contributed by atoms with Crippen LogP contribution in [0.2, 0.25) is 0 Å². The molecule has 114 valence electrons. The lowest BCUT2D eigenvalue weighted by molar-refractivity contribution is -0.149. The first-order chi connectivity index (χ1) is 9.89. The first kappa shape index (κ1) is 15.9. The first-order valence-corrected chi connectivity index (χ1v) is 7.44. The maximum absolute atomic E-state index is 12.3. The third kappa shape index (κ3) is 3.06. The monoisotopic (exact) mass is 309 g/mol. The number of carboxylic acid groups (broad SMARTS) is 1. The van der Waals surface area contributed by atoms with Gasteiger partial charge in [-0.15, -0.1) is 0 Å². The van der Waals surface area contributed by atoms with Crippen molar-refractivity contribution in [3.8, 4) is 0 Å². The molecule has 1 heterocycles. The molecule has 21 heavy (non-hydrogen) atoms. The lowest BCUT2D eigenvalue weighted by Gasteiger charge is -2.26. The molecule has 2 unspecified atom stereocenters. The number of hydrogen-bond donors (Lipinski definition) is 3. The highest BCUT2D eigenvalue weighted by atomic mass is 32.1. The molecule has 1 saturated heterocycles. The Balaban J connectivity index is 2.31. The minimum absolute atomic E-state index is 0.00260. The van der Waals surface area contributed by atoms with Crippen molar-refractivity contribution < 1.29 is 19.8 Å². The second kappa shape index (κ2) is 6.07. The highest BCUT2D eigenvalue weighted by molar-refractivity contribution is 7.80. The third-order valence-corrected chi connectivity index (χ3v) is 4.46. The molecule has 0 spiro atoms. The van der Waals surface area contributed by atoms with Crippen LogP contribution in [0.1, 0.15) is 18.9 Å². The zero-order valence-electron chi connectivity index (χ0n) is 11.8. The Bertz CT molecular complexity index is 536. The maximum atomic E-state index is 12.3. The second-order valence-corrected chi connectivity index (χ2v) is 5.87. The van der Waals surface area contributed by atoms with Gasteiger partial charge in [0, 0.05) is 18.1 Å². The summed E-state index contributed by atoms with van der Waals surface area (Å²) in [5.41, 5.74) is -0.693. The maximum Gasteiger partial charge on any atom is 0.326 e. The van der Waals surface area contributed by atoms with E-state index in [1.54, 1.807) is 31.2 Å². The Labute approximate surface area is 129 Å². The average Bonchev–Trinajstić information content (AvgIpc) is 2.86. The van der Waals surface area contributed by atoms with Crippen molar-refractivity contribution in [3.05, 3.63) is 35.9 Å². The van der Waals surface area contributed by atoms with Gasteiger partial charge in [0.05, 0.1) is 6.54 Å².